The van der Waals surface area contributed by atoms with E-state index in [-0.39, 0.29) is 18.2 Å². The number of rotatable bonds is 5. The molecule has 0 bridgehead atoms. The summed E-state index contributed by atoms with van der Waals surface area (Å²) in [6.07, 6.45) is 3.92. The van der Waals surface area contributed by atoms with Crippen LogP contribution in [0, 0.1) is 6.92 Å². The molecule has 3 heterocycles. The molecule has 1 aliphatic rings. The number of nitrogens with one attached hydrogen (secondary N) is 1. The van der Waals surface area contributed by atoms with Crippen LogP contribution >= 0.6 is 0 Å². The molecule has 3 aromatic rings. The third-order valence-electron chi connectivity index (χ3n) is 5.14. The number of hydrogen-bond acceptors (Lipinski definition) is 4. The second kappa shape index (κ2) is 8.45. The summed E-state index contributed by atoms with van der Waals surface area (Å²) in [5.41, 5.74) is 4.41. The van der Waals surface area contributed by atoms with Gasteiger partial charge in [-0.05, 0) is 36.2 Å². The molecule has 1 N–H and O–H groups in total. The molecule has 0 unspecified atom stereocenters. The van der Waals surface area contributed by atoms with Crippen LogP contribution in [-0.4, -0.2) is 52.4 Å². The Bertz CT molecular complexity index is 1020. The number of amides is 2. The van der Waals surface area contributed by atoms with Gasteiger partial charge in [0.15, 0.2) is 0 Å². The molecule has 4 rings (SSSR count). The van der Waals surface area contributed by atoms with Gasteiger partial charge in [-0.15, -0.1) is 0 Å². The summed E-state index contributed by atoms with van der Waals surface area (Å²) in [6.45, 7) is 4.84. The Balaban J connectivity index is 1.33. The van der Waals surface area contributed by atoms with Gasteiger partial charge in [0.25, 0.3) is 5.91 Å². The highest BCUT2D eigenvalue weighted by Crippen LogP contribution is 2.12. The summed E-state index contributed by atoms with van der Waals surface area (Å²) < 4.78 is 7.23. The normalized spacial score (nSPS) is 14.2. The van der Waals surface area contributed by atoms with E-state index in [1.807, 2.05) is 53.9 Å². The van der Waals surface area contributed by atoms with Gasteiger partial charge in [0.2, 0.25) is 5.91 Å². The predicted octanol–water partition coefficient (Wildman–Crippen LogP) is 1.97. The minimum atomic E-state index is -0.0678. The van der Waals surface area contributed by atoms with Crippen LogP contribution in [0.25, 0.3) is 5.65 Å². The number of pyridine rings is 1. The first-order chi connectivity index (χ1) is 14.1. The van der Waals surface area contributed by atoms with E-state index in [1.165, 1.54) is 0 Å². The molecule has 7 nitrogen and oxygen atoms in total. The van der Waals surface area contributed by atoms with E-state index in [0.717, 1.165) is 22.5 Å². The summed E-state index contributed by atoms with van der Waals surface area (Å²) in [6, 6.07) is 11.3. The zero-order valence-electron chi connectivity index (χ0n) is 16.4. The SMILES string of the molecule is Cc1cccn2c(CC(=O)NCc3ccc(C(=O)N4CCOCC4)cc3)cnc12. The molecule has 150 valence electrons. The van der Waals surface area contributed by atoms with E-state index in [4.69, 9.17) is 4.74 Å². The highest BCUT2D eigenvalue weighted by Gasteiger charge is 2.18. The van der Waals surface area contributed by atoms with Crippen molar-refractivity contribution in [3.8, 4) is 0 Å². The van der Waals surface area contributed by atoms with E-state index in [1.54, 1.807) is 11.1 Å². The topological polar surface area (TPSA) is 75.9 Å². The van der Waals surface area contributed by atoms with Gasteiger partial charge in [-0.2, -0.15) is 0 Å². The Hall–Kier alpha value is -3.19. The molecular formula is C22H24N4O3. The van der Waals surface area contributed by atoms with E-state index in [2.05, 4.69) is 10.3 Å². The van der Waals surface area contributed by atoms with Gasteiger partial charge >= 0.3 is 0 Å². The standard InChI is InChI=1S/C22H24N4O3/c1-16-3-2-8-26-19(15-24-21(16)26)13-20(27)23-14-17-4-6-18(7-5-17)22(28)25-9-11-29-12-10-25/h2-8,15H,9-14H2,1H3,(H,23,27). The molecule has 1 saturated heterocycles. The Labute approximate surface area is 169 Å². The van der Waals surface area contributed by atoms with Crippen molar-refractivity contribution in [2.45, 2.75) is 19.9 Å². The molecular weight excluding hydrogens is 368 g/mol. The minimum absolute atomic E-state index is 0.0202. The van der Waals surface area contributed by atoms with Crippen molar-refractivity contribution in [1.82, 2.24) is 19.6 Å². The van der Waals surface area contributed by atoms with Gasteiger partial charge in [-0.3, -0.25) is 9.59 Å². The number of aromatic nitrogens is 2. The minimum Gasteiger partial charge on any atom is -0.378 e. The first-order valence-electron chi connectivity index (χ1n) is 9.76. The maximum atomic E-state index is 12.5. The van der Waals surface area contributed by atoms with Crippen LogP contribution in [0.5, 0.6) is 0 Å². The molecule has 0 atom stereocenters. The van der Waals surface area contributed by atoms with E-state index in [0.29, 0.717) is 38.4 Å². The van der Waals surface area contributed by atoms with Crippen LogP contribution in [-0.2, 0) is 22.5 Å². The van der Waals surface area contributed by atoms with Crippen LogP contribution in [0.3, 0.4) is 0 Å². The first kappa shape index (κ1) is 19.1. The fraction of sp³-hybridized carbons (Fsp3) is 0.318. The largest absolute Gasteiger partial charge is 0.378 e. The fourth-order valence-corrected chi connectivity index (χ4v) is 3.47. The van der Waals surface area contributed by atoms with E-state index in [9.17, 15) is 9.59 Å². The number of carbonyl (C=O) groups is 2. The van der Waals surface area contributed by atoms with E-state index >= 15 is 0 Å². The van der Waals surface area contributed by atoms with Crippen LogP contribution < -0.4 is 5.32 Å². The smallest absolute Gasteiger partial charge is 0.254 e. The van der Waals surface area contributed by atoms with Gasteiger partial charge in [0.05, 0.1) is 25.3 Å². The van der Waals surface area contributed by atoms with Gasteiger partial charge < -0.3 is 19.4 Å². The molecule has 0 radical (unpaired) electrons. The third kappa shape index (κ3) is 4.30. The van der Waals surface area contributed by atoms with Crippen LogP contribution in [0.1, 0.15) is 27.2 Å². The summed E-state index contributed by atoms with van der Waals surface area (Å²) in [5, 5.41) is 2.94. The highest BCUT2D eigenvalue weighted by atomic mass is 16.5. The summed E-state index contributed by atoms with van der Waals surface area (Å²) in [4.78, 5) is 31.0. The molecule has 1 fully saturated rings. The lowest BCUT2D eigenvalue weighted by atomic mass is 10.1. The second-order valence-electron chi connectivity index (χ2n) is 7.19. The lowest BCUT2D eigenvalue weighted by molar-refractivity contribution is -0.120. The van der Waals surface area contributed by atoms with Crippen molar-refractivity contribution >= 4 is 17.5 Å². The zero-order valence-corrected chi connectivity index (χ0v) is 16.4. The van der Waals surface area contributed by atoms with E-state index < -0.39 is 0 Å². The van der Waals surface area contributed by atoms with Crippen molar-refractivity contribution < 1.29 is 14.3 Å². The van der Waals surface area contributed by atoms with Crippen molar-refractivity contribution in [3.63, 3.8) is 0 Å². The number of ether oxygens (including phenoxy) is 1. The van der Waals surface area contributed by atoms with Crippen LogP contribution in [0.15, 0.2) is 48.8 Å². The summed E-state index contributed by atoms with van der Waals surface area (Å²) >= 11 is 0. The number of fused-ring (bicyclic) bond motifs is 1. The monoisotopic (exact) mass is 392 g/mol. The zero-order chi connectivity index (χ0) is 20.2. The molecule has 1 aromatic carbocycles. The average Bonchev–Trinajstić information content (AvgIpc) is 3.17. The first-order valence-corrected chi connectivity index (χ1v) is 9.76. The number of morpholine rings is 1. The van der Waals surface area contributed by atoms with Gasteiger partial charge in [-0.25, -0.2) is 4.98 Å². The molecule has 0 aliphatic carbocycles. The highest BCUT2D eigenvalue weighted by molar-refractivity contribution is 5.94. The third-order valence-corrected chi connectivity index (χ3v) is 5.14. The Kier molecular flexibility index (Phi) is 5.57. The van der Waals surface area contributed by atoms with Crippen molar-refractivity contribution in [2.75, 3.05) is 26.3 Å². The fourth-order valence-electron chi connectivity index (χ4n) is 3.47. The maximum absolute atomic E-state index is 12.5. The van der Waals surface area contributed by atoms with Gasteiger partial charge in [0.1, 0.15) is 5.65 Å². The van der Waals surface area contributed by atoms with Crippen molar-refractivity contribution in [2.24, 2.45) is 0 Å². The Morgan fingerprint density at radius 1 is 1.14 bits per heavy atom. The lowest BCUT2D eigenvalue weighted by Gasteiger charge is -2.26. The van der Waals surface area contributed by atoms with Gasteiger partial charge in [-0.1, -0.05) is 18.2 Å². The predicted molar refractivity (Wildman–Crippen MR) is 109 cm³/mol. The molecule has 0 saturated carbocycles. The van der Waals surface area contributed by atoms with Crippen LogP contribution in [0.2, 0.25) is 0 Å². The second-order valence-corrected chi connectivity index (χ2v) is 7.19. The number of nitrogens with zero attached hydrogens (tertiary/aromatic N) is 3. The molecule has 29 heavy (non-hydrogen) atoms. The summed E-state index contributed by atoms with van der Waals surface area (Å²) in [7, 11) is 0. The number of benzene rings is 1. The molecule has 2 amide bonds. The summed E-state index contributed by atoms with van der Waals surface area (Å²) in [5.74, 6) is -0.0476. The molecule has 2 aromatic heterocycles. The van der Waals surface area contributed by atoms with Gasteiger partial charge in [0, 0.05) is 37.6 Å². The lowest BCUT2D eigenvalue weighted by Crippen LogP contribution is -2.40. The van der Waals surface area contributed by atoms with Crippen molar-refractivity contribution in [3.05, 3.63) is 71.2 Å². The number of imidazole rings is 1. The number of carbonyl (C=O) groups excluding carboxylic acids is 2. The average molecular weight is 392 g/mol. The molecule has 7 heteroatoms. The number of aryl methyl sites for hydroxylation is 1. The Morgan fingerprint density at radius 2 is 1.90 bits per heavy atom. The maximum Gasteiger partial charge on any atom is 0.254 e. The number of hydrogen-bond donors (Lipinski definition) is 1. The molecule has 1 aliphatic heterocycles. The Morgan fingerprint density at radius 3 is 2.66 bits per heavy atom. The van der Waals surface area contributed by atoms with Crippen molar-refractivity contribution in [1.29, 1.82) is 0 Å². The molecule has 0 spiro atoms. The quantitative estimate of drug-likeness (QED) is 0.720. The van der Waals surface area contributed by atoms with Crippen LogP contribution in [0.4, 0.5) is 0 Å².